The molecule has 4 heteroatoms. The molecule has 1 atom stereocenters. The lowest BCUT2D eigenvalue weighted by Crippen LogP contribution is -2.13. The highest BCUT2D eigenvalue weighted by molar-refractivity contribution is 5.94. The van der Waals surface area contributed by atoms with Gasteiger partial charge in [0, 0.05) is 5.56 Å². The highest BCUT2D eigenvalue weighted by Crippen LogP contribution is 2.21. The van der Waals surface area contributed by atoms with E-state index in [1.165, 1.54) is 6.92 Å². The van der Waals surface area contributed by atoms with Crippen LogP contribution in [0, 0.1) is 0 Å². The van der Waals surface area contributed by atoms with Gasteiger partial charge in [0.2, 0.25) is 0 Å². The van der Waals surface area contributed by atoms with E-state index in [9.17, 15) is 14.7 Å². The monoisotopic (exact) mass is 248 g/mol. The quantitative estimate of drug-likeness (QED) is 0.492. The number of hydrogen-bond acceptors (Lipinski definition) is 4. The Morgan fingerprint density at radius 1 is 1.33 bits per heavy atom. The van der Waals surface area contributed by atoms with Gasteiger partial charge in [-0.25, -0.2) is 4.79 Å². The van der Waals surface area contributed by atoms with Gasteiger partial charge >= 0.3 is 5.97 Å². The molecule has 0 amide bonds. The standard InChI is InChI=1S/C14H16O4/c1-4-18-14(17)9(2)13(16)12-7-5-11(6-8-12)10(3)15/h5-8,13,16H,2,4H2,1,3H3. The Hall–Kier alpha value is -1.94. The van der Waals surface area contributed by atoms with E-state index >= 15 is 0 Å². The molecule has 1 aromatic rings. The third-order valence-corrected chi connectivity index (χ3v) is 2.50. The van der Waals surface area contributed by atoms with Gasteiger partial charge in [-0.2, -0.15) is 0 Å². The molecule has 1 rings (SSSR count). The van der Waals surface area contributed by atoms with Crippen molar-refractivity contribution in [2.24, 2.45) is 0 Å². The first kappa shape index (κ1) is 14.1. The van der Waals surface area contributed by atoms with Crippen molar-refractivity contribution in [3.8, 4) is 0 Å². The zero-order valence-corrected chi connectivity index (χ0v) is 10.5. The lowest BCUT2D eigenvalue weighted by Gasteiger charge is -2.13. The average molecular weight is 248 g/mol. The highest BCUT2D eigenvalue weighted by Gasteiger charge is 2.19. The first-order valence-electron chi connectivity index (χ1n) is 5.62. The van der Waals surface area contributed by atoms with Crippen molar-refractivity contribution in [2.75, 3.05) is 6.61 Å². The van der Waals surface area contributed by atoms with Gasteiger partial charge in [-0.15, -0.1) is 0 Å². The zero-order chi connectivity index (χ0) is 13.7. The van der Waals surface area contributed by atoms with Crippen molar-refractivity contribution in [1.29, 1.82) is 0 Å². The number of ether oxygens (including phenoxy) is 1. The number of carbonyl (C=O) groups excluding carboxylic acids is 2. The van der Waals surface area contributed by atoms with E-state index in [2.05, 4.69) is 6.58 Å². The maximum absolute atomic E-state index is 11.4. The summed E-state index contributed by atoms with van der Waals surface area (Å²) in [6.45, 7) is 6.89. The number of aliphatic hydroxyl groups excluding tert-OH is 1. The number of rotatable bonds is 5. The average Bonchev–Trinajstić information content (AvgIpc) is 2.37. The molecule has 1 unspecified atom stereocenters. The number of carbonyl (C=O) groups is 2. The van der Waals surface area contributed by atoms with Crippen LogP contribution in [-0.4, -0.2) is 23.5 Å². The Kier molecular flexibility index (Phi) is 4.80. The van der Waals surface area contributed by atoms with Gasteiger partial charge in [-0.3, -0.25) is 4.79 Å². The fourth-order valence-corrected chi connectivity index (χ4v) is 1.44. The van der Waals surface area contributed by atoms with Crippen LogP contribution in [0.15, 0.2) is 36.4 Å². The summed E-state index contributed by atoms with van der Waals surface area (Å²) in [7, 11) is 0. The van der Waals surface area contributed by atoms with Crippen LogP contribution in [0.25, 0.3) is 0 Å². The molecular weight excluding hydrogens is 232 g/mol. The summed E-state index contributed by atoms with van der Waals surface area (Å²) in [6, 6.07) is 6.37. The summed E-state index contributed by atoms with van der Waals surface area (Å²) in [5.41, 5.74) is 1.03. The number of aliphatic hydroxyl groups is 1. The van der Waals surface area contributed by atoms with Crippen LogP contribution < -0.4 is 0 Å². The van der Waals surface area contributed by atoms with E-state index in [0.717, 1.165) is 0 Å². The zero-order valence-electron chi connectivity index (χ0n) is 10.5. The summed E-state index contributed by atoms with van der Waals surface area (Å²) in [5.74, 6) is -0.680. The summed E-state index contributed by atoms with van der Waals surface area (Å²) >= 11 is 0. The second-order valence-electron chi connectivity index (χ2n) is 3.83. The minimum Gasteiger partial charge on any atom is -0.463 e. The number of Topliss-reactive ketones (excluding diaryl/α,β-unsaturated/α-hetero) is 1. The molecular formula is C14H16O4. The molecule has 0 aromatic heterocycles. The molecule has 0 aliphatic rings. The maximum Gasteiger partial charge on any atom is 0.336 e. The second kappa shape index (κ2) is 6.12. The van der Waals surface area contributed by atoms with Crippen molar-refractivity contribution in [3.05, 3.63) is 47.5 Å². The first-order valence-corrected chi connectivity index (χ1v) is 5.62. The van der Waals surface area contributed by atoms with Crippen LogP contribution >= 0.6 is 0 Å². The van der Waals surface area contributed by atoms with Gasteiger partial charge < -0.3 is 9.84 Å². The molecule has 18 heavy (non-hydrogen) atoms. The normalized spacial score (nSPS) is 11.7. The van der Waals surface area contributed by atoms with Crippen LogP contribution in [0.4, 0.5) is 0 Å². The Balaban J connectivity index is 2.84. The minimum absolute atomic E-state index is 0.0209. The molecule has 0 heterocycles. The first-order chi connectivity index (χ1) is 8.47. The van der Waals surface area contributed by atoms with Crippen LogP contribution in [0.2, 0.25) is 0 Å². The molecule has 0 radical (unpaired) electrons. The summed E-state index contributed by atoms with van der Waals surface area (Å²) in [6.07, 6.45) is -1.12. The van der Waals surface area contributed by atoms with E-state index in [-0.39, 0.29) is 18.0 Å². The van der Waals surface area contributed by atoms with Crippen molar-refractivity contribution >= 4 is 11.8 Å². The Labute approximate surface area is 106 Å². The third-order valence-electron chi connectivity index (χ3n) is 2.50. The smallest absolute Gasteiger partial charge is 0.336 e. The SMILES string of the molecule is C=C(C(=O)OCC)C(O)c1ccc(C(C)=O)cc1. The largest absolute Gasteiger partial charge is 0.463 e. The molecule has 4 nitrogen and oxygen atoms in total. The van der Waals surface area contributed by atoms with Crippen molar-refractivity contribution in [2.45, 2.75) is 20.0 Å². The van der Waals surface area contributed by atoms with Gasteiger partial charge in [0.1, 0.15) is 6.10 Å². The number of esters is 1. The third kappa shape index (κ3) is 3.28. The van der Waals surface area contributed by atoms with E-state index in [1.54, 1.807) is 31.2 Å². The van der Waals surface area contributed by atoms with E-state index in [1.807, 2.05) is 0 Å². The molecule has 0 fully saturated rings. The van der Waals surface area contributed by atoms with E-state index in [0.29, 0.717) is 11.1 Å². The predicted octanol–water partition coefficient (Wildman–Crippen LogP) is 2.04. The molecule has 0 aliphatic heterocycles. The number of hydrogen-bond donors (Lipinski definition) is 1. The topological polar surface area (TPSA) is 63.6 Å². The summed E-state index contributed by atoms with van der Waals surface area (Å²) < 4.78 is 4.76. The lowest BCUT2D eigenvalue weighted by atomic mass is 10.0. The molecule has 1 N–H and O–H groups in total. The Morgan fingerprint density at radius 3 is 2.33 bits per heavy atom. The fourth-order valence-electron chi connectivity index (χ4n) is 1.44. The van der Waals surface area contributed by atoms with Gasteiger partial charge in [-0.1, -0.05) is 30.8 Å². The maximum atomic E-state index is 11.4. The summed E-state index contributed by atoms with van der Waals surface area (Å²) in [4.78, 5) is 22.5. The van der Waals surface area contributed by atoms with Gasteiger partial charge in [0.05, 0.1) is 12.2 Å². The molecule has 0 spiro atoms. The molecule has 96 valence electrons. The van der Waals surface area contributed by atoms with Crippen LogP contribution in [-0.2, 0) is 9.53 Å². The summed E-state index contributed by atoms with van der Waals surface area (Å²) in [5, 5.41) is 9.93. The molecule has 0 aliphatic carbocycles. The molecule has 0 saturated heterocycles. The second-order valence-corrected chi connectivity index (χ2v) is 3.83. The number of ketones is 1. The van der Waals surface area contributed by atoms with E-state index < -0.39 is 12.1 Å². The van der Waals surface area contributed by atoms with Crippen molar-refractivity contribution < 1.29 is 19.4 Å². The van der Waals surface area contributed by atoms with Crippen molar-refractivity contribution in [3.63, 3.8) is 0 Å². The highest BCUT2D eigenvalue weighted by atomic mass is 16.5. The van der Waals surface area contributed by atoms with E-state index in [4.69, 9.17) is 4.74 Å². The van der Waals surface area contributed by atoms with Crippen LogP contribution in [0.5, 0.6) is 0 Å². The van der Waals surface area contributed by atoms with Crippen LogP contribution in [0.3, 0.4) is 0 Å². The molecule has 1 aromatic carbocycles. The van der Waals surface area contributed by atoms with Gasteiger partial charge in [0.25, 0.3) is 0 Å². The predicted molar refractivity (Wildman–Crippen MR) is 67.2 cm³/mol. The minimum atomic E-state index is -1.12. The number of benzene rings is 1. The Bertz CT molecular complexity index is 459. The Morgan fingerprint density at radius 2 is 1.89 bits per heavy atom. The van der Waals surface area contributed by atoms with Gasteiger partial charge in [-0.05, 0) is 19.4 Å². The van der Waals surface area contributed by atoms with Crippen molar-refractivity contribution in [1.82, 2.24) is 0 Å². The molecule has 0 bridgehead atoms. The van der Waals surface area contributed by atoms with Crippen LogP contribution in [0.1, 0.15) is 35.9 Å². The fraction of sp³-hybridized carbons (Fsp3) is 0.286. The lowest BCUT2D eigenvalue weighted by molar-refractivity contribution is -0.139. The molecule has 0 saturated carbocycles. The van der Waals surface area contributed by atoms with Gasteiger partial charge in [0.15, 0.2) is 5.78 Å².